The van der Waals surface area contributed by atoms with Crippen molar-refractivity contribution in [2.75, 3.05) is 5.01 Å². The first kappa shape index (κ1) is 23.9. The molecule has 0 radical (unpaired) electrons. The first-order chi connectivity index (χ1) is 18.2. The van der Waals surface area contributed by atoms with Crippen molar-refractivity contribution in [2.24, 2.45) is 5.10 Å². The fraction of sp³-hybridized carbons (Fsp3) is 0.172. The molecule has 1 saturated heterocycles. The number of fused-ring (bicyclic) bond motifs is 1. The number of carbonyl (C=O) groups is 2. The number of para-hydroxylation sites is 2. The maximum atomic E-state index is 14.0. The maximum absolute atomic E-state index is 14.0. The Labute approximate surface area is 222 Å². The number of hydrazone groups is 1. The minimum atomic E-state index is -2.21. The van der Waals surface area contributed by atoms with Crippen LogP contribution in [-0.4, -0.2) is 29.0 Å². The van der Waals surface area contributed by atoms with Gasteiger partial charge in [-0.25, -0.2) is 14.6 Å². The predicted molar refractivity (Wildman–Crippen MR) is 141 cm³/mol. The fourth-order valence-electron chi connectivity index (χ4n) is 5.05. The molecule has 1 atom stereocenters. The highest BCUT2D eigenvalue weighted by Gasteiger charge is 2.70. The molecule has 1 unspecified atom stereocenters. The lowest BCUT2D eigenvalue weighted by Crippen LogP contribution is -2.67. The number of ether oxygens (including phenoxy) is 2. The minimum Gasteiger partial charge on any atom is -0.464 e. The van der Waals surface area contributed by atoms with Crippen LogP contribution in [0.1, 0.15) is 30.9 Å². The molecule has 190 valence electrons. The summed E-state index contributed by atoms with van der Waals surface area (Å²) in [5.41, 5.74) is -1.16. The normalized spacial score (nSPS) is 19.8. The van der Waals surface area contributed by atoms with Gasteiger partial charge >= 0.3 is 11.9 Å². The number of carbonyl (C=O) groups excluding carboxylic acids is 2. The van der Waals surface area contributed by atoms with E-state index in [0.717, 1.165) is 0 Å². The van der Waals surface area contributed by atoms with Gasteiger partial charge in [-0.05, 0) is 30.3 Å². The third-order valence-corrected chi connectivity index (χ3v) is 7.03. The van der Waals surface area contributed by atoms with Crippen molar-refractivity contribution in [1.29, 1.82) is 0 Å². The van der Waals surface area contributed by atoms with Crippen molar-refractivity contribution in [3.05, 3.63) is 111 Å². The van der Waals surface area contributed by atoms with Crippen LogP contribution >= 0.6 is 11.6 Å². The Kier molecular flexibility index (Phi) is 5.39. The van der Waals surface area contributed by atoms with Gasteiger partial charge < -0.3 is 13.9 Å². The van der Waals surface area contributed by atoms with Crippen LogP contribution in [0.5, 0.6) is 0 Å². The largest absolute Gasteiger partial charge is 0.464 e. The summed E-state index contributed by atoms with van der Waals surface area (Å²) in [6.07, 6.45) is 1.26. The molecule has 1 spiro atoms. The van der Waals surface area contributed by atoms with E-state index in [0.29, 0.717) is 21.9 Å². The highest BCUT2D eigenvalue weighted by atomic mass is 35.5. The summed E-state index contributed by atoms with van der Waals surface area (Å²) in [6, 6.07) is 22.3. The van der Waals surface area contributed by atoms with E-state index >= 15 is 0 Å². The highest BCUT2D eigenvalue weighted by Crippen LogP contribution is 2.49. The first-order valence-corrected chi connectivity index (χ1v) is 12.3. The standard InChI is InChI=1S/C29H21ClN2O6/c1-28(2)37-26(34)29(27(35)38-28)23(20-16-36-22-15-9-7-13-19(22)25(20)33)24(18-12-6-8-14-21(18)30)31-32(29)17-10-4-3-5-11-17/h3-16,23H,1-2H3. The number of rotatable bonds is 3. The number of hydrogen-bond donors (Lipinski definition) is 0. The Hall–Kier alpha value is -4.43. The number of benzene rings is 3. The van der Waals surface area contributed by atoms with Gasteiger partial charge in [0.05, 0.1) is 29.0 Å². The lowest BCUT2D eigenvalue weighted by atomic mass is 9.74. The molecule has 4 aromatic rings. The van der Waals surface area contributed by atoms with Crippen LogP contribution in [0.3, 0.4) is 0 Å². The Balaban J connectivity index is 1.71. The van der Waals surface area contributed by atoms with E-state index in [9.17, 15) is 14.4 Å². The Bertz CT molecular complexity index is 1670. The summed E-state index contributed by atoms with van der Waals surface area (Å²) in [5.74, 6) is -4.62. The van der Waals surface area contributed by atoms with Gasteiger partial charge in [-0.1, -0.05) is 60.1 Å². The second-order valence-electron chi connectivity index (χ2n) is 9.51. The molecule has 2 aliphatic rings. The highest BCUT2D eigenvalue weighted by molar-refractivity contribution is 6.35. The van der Waals surface area contributed by atoms with Gasteiger partial charge in [0.25, 0.3) is 11.3 Å². The summed E-state index contributed by atoms with van der Waals surface area (Å²) in [4.78, 5) is 42.0. The monoisotopic (exact) mass is 528 g/mol. The zero-order valence-electron chi connectivity index (χ0n) is 20.4. The first-order valence-electron chi connectivity index (χ1n) is 11.9. The smallest absolute Gasteiger partial charge is 0.350 e. The predicted octanol–water partition coefficient (Wildman–Crippen LogP) is 5.03. The van der Waals surface area contributed by atoms with E-state index in [1.54, 1.807) is 78.9 Å². The van der Waals surface area contributed by atoms with E-state index < -0.39 is 34.6 Å². The average molecular weight is 529 g/mol. The van der Waals surface area contributed by atoms with E-state index in [1.165, 1.54) is 25.1 Å². The van der Waals surface area contributed by atoms with Crippen LogP contribution in [0.4, 0.5) is 5.69 Å². The molecule has 0 bridgehead atoms. The molecule has 38 heavy (non-hydrogen) atoms. The molecule has 1 fully saturated rings. The minimum absolute atomic E-state index is 0.0365. The summed E-state index contributed by atoms with van der Waals surface area (Å²) >= 11 is 6.60. The van der Waals surface area contributed by atoms with Gasteiger partial charge in [-0.3, -0.25) is 4.79 Å². The third kappa shape index (κ3) is 3.44. The second-order valence-corrected chi connectivity index (χ2v) is 9.91. The maximum Gasteiger partial charge on any atom is 0.350 e. The van der Waals surface area contributed by atoms with Crippen molar-refractivity contribution in [1.82, 2.24) is 0 Å². The summed E-state index contributed by atoms with van der Waals surface area (Å²) < 4.78 is 17.2. The Morgan fingerprint density at radius 2 is 1.47 bits per heavy atom. The van der Waals surface area contributed by atoms with Gasteiger partial charge in [0.15, 0.2) is 5.43 Å². The molecule has 8 nitrogen and oxygen atoms in total. The van der Waals surface area contributed by atoms with Crippen LogP contribution in [0.2, 0.25) is 5.02 Å². The van der Waals surface area contributed by atoms with Gasteiger partial charge in [-0.2, -0.15) is 5.10 Å². The molecule has 6 rings (SSSR count). The lowest BCUT2D eigenvalue weighted by molar-refractivity contribution is -0.242. The van der Waals surface area contributed by atoms with Crippen LogP contribution in [-0.2, 0) is 19.1 Å². The lowest BCUT2D eigenvalue weighted by Gasteiger charge is -2.44. The van der Waals surface area contributed by atoms with E-state index in [-0.39, 0.29) is 16.7 Å². The van der Waals surface area contributed by atoms with E-state index in [2.05, 4.69) is 0 Å². The topological polar surface area (TPSA) is 98.4 Å². The van der Waals surface area contributed by atoms with Crippen molar-refractivity contribution in [3.63, 3.8) is 0 Å². The van der Waals surface area contributed by atoms with E-state index in [4.69, 9.17) is 30.6 Å². The number of halogens is 1. The Morgan fingerprint density at radius 3 is 2.18 bits per heavy atom. The Morgan fingerprint density at radius 1 is 0.842 bits per heavy atom. The van der Waals surface area contributed by atoms with Gasteiger partial charge in [0.1, 0.15) is 5.58 Å². The number of esters is 2. The van der Waals surface area contributed by atoms with Crippen LogP contribution < -0.4 is 10.4 Å². The number of nitrogens with zero attached hydrogens (tertiary/aromatic N) is 2. The molecule has 0 amide bonds. The summed E-state index contributed by atoms with van der Waals surface area (Å²) in [5, 5.41) is 6.66. The average Bonchev–Trinajstić information content (AvgIpc) is 3.25. The molecule has 1 aromatic heterocycles. The van der Waals surface area contributed by atoms with Crippen LogP contribution in [0, 0.1) is 0 Å². The fourth-order valence-corrected chi connectivity index (χ4v) is 5.29. The molecule has 3 aromatic carbocycles. The number of cyclic esters (lactones) is 2. The molecular weight excluding hydrogens is 508 g/mol. The van der Waals surface area contributed by atoms with Crippen molar-refractivity contribution >= 4 is 45.9 Å². The third-order valence-electron chi connectivity index (χ3n) is 6.70. The molecule has 0 saturated carbocycles. The van der Waals surface area contributed by atoms with Gasteiger partial charge in [0.2, 0.25) is 0 Å². The second kappa shape index (κ2) is 8.56. The summed E-state index contributed by atoms with van der Waals surface area (Å²) in [6.45, 7) is 2.93. The van der Waals surface area contributed by atoms with Gasteiger partial charge in [0, 0.05) is 30.0 Å². The molecule has 0 N–H and O–H groups in total. The van der Waals surface area contributed by atoms with Gasteiger partial charge in [-0.15, -0.1) is 0 Å². The zero-order chi connectivity index (χ0) is 26.7. The summed E-state index contributed by atoms with van der Waals surface area (Å²) in [7, 11) is 0. The molecule has 2 aliphatic heterocycles. The van der Waals surface area contributed by atoms with Crippen molar-refractivity contribution in [2.45, 2.75) is 31.1 Å². The molecule has 0 aliphatic carbocycles. The number of hydrogen-bond acceptors (Lipinski definition) is 8. The molecule has 3 heterocycles. The van der Waals surface area contributed by atoms with Crippen molar-refractivity contribution in [3.8, 4) is 0 Å². The van der Waals surface area contributed by atoms with E-state index in [1.807, 2.05) is 0 Å². The van der Waals surface area contributed by atoms with Crippen LogP contribution in [0.25, 0.3) is 11.0 Å². The number of anilines is 1. The van der Waals surface area contributed by atoms with Crippen LogP contribution in [0.15, 0.2) is 99.4 Å². The molecular formula is C29H21ClN2O6. The SMILES string of the molecule is CC1(C)OC(=O)C2(C(=O)O1)C(c1coc3ccccc3c1=O)C(c1ccccc1Cl)=NN2c1ccccc1. The van der Waals surface area contributed by atoms with Crippen molar-refractivity contribution < 1.29 is 23.5 Å². The quantitative estimate of drug-likeness (QED) is 0.272. The molecule has 9 heteroatoms. The zero-order valence-corrected chi connectivity index (χ0v) is 21.1.